The zero-order valence-corrected chi connectivity index (χ0v) is 23.9. The van der Waals surface area contributed by atoms with Crippen molar-refractivity contribution < 1.29 is 24.1 Å². The molecule has 1 saturated heterocycles. The lowest BCUT2D eigenvalue weighted by Crippen LogP contribution is -2.56. The van der Waals surface area contributed by atoms with Crippen LogP contribution in [0.4, 0.5) is 5.82 Å². The van der Waals surface area contributed by atoms with E-state index in [0.29, 0.717) is 30.8 Å². The van der Waals surface area contributed by atoms with Crippen LogP contribution in [-0.4, -0.2) is 43.1 Å². The molecule has 0 radical (unpaired) electrons. The molecular weight excluding hydrogens is 544 g/mol. The lowest BCUT2D eigenvalue weighted by molar-refractivity contribution is -0.296. The summed E-state index contributed by atoms with van der Waals surface area (Å²) in [6.07, 6.45) is 0.827. The van der Waals surface area contributed by atoms with E-state index in [1.54, 1.807) is 16.6 Å². The van der Waals surface area contributed by atoms with Gasteiger partial charge in [0.25, 0.3) is 0 Å². The summed E-state index contributed by atoms with van der Waals surface area (Å²) >= 11 is 0. The highest BCUT2D eigenvalue weighted by atomic mass is 16.7. The minimum absolute atomic E-state index is 0.222. The average Bonchev–Trinajstić information content (AvgIpc) is 3.44. The summed E-state index contributed by atoms with van der Waals surface area (Å²) in [5.41, 5.74) is 7.71. The summed E-state index contributed by atoms with van der Waals surface area (Å²) in [6.45, 7) is 2.77. The van der Waals surface area contributed by atoms with Crippen molar-refractivity contribution in [2.45, 2.75) is 62.4 Å². The number of aliphatic hydroxyl groups is 1. The summed E-state index contributed by atoms with van der Waals surface area (Å²) in [6, 6.07) is 33.3. The van der Waals surface area contributed by atoms with E-state index in [0.717, 1.165) is 16.7 Å². The second-order valence-electron chi connectivity index (χ2n) is 11.4. The number of hydrogen-bond donors (Lipinski definition) is 2. The van der Waals surface area contributed by atoms with Crippen LogP contribution >= 0.6 is 0 Å². The normalized spacial score (nSPS) is 28.0. The van der Waals surface area contributed by atoms with Crippen LogP contribution in [0.5, 0.6) is 0 Å². The van der Waals surface area contributed by atoms with Crippen LogP contribution in [0, 0.1) is 0 Å². The van der Waals surface area contributed by atoms with Gasteiger partial charge in [0.2, 0.25) is 5.79 Å². The van der Waals surface area contributed by atoms with E-state index in [-0.39, 0.29) is 18.5 Å². The minimum atomic E-state index is -1.98. The van der Waals surface area contributed by atoms with Crippen LogP contribution in [0.15, 0.2) is 109 Å². The van der Waals surface area contributed by atoms with Crippen molar-refractivity contribution in [1.29, 1.82) is 0 Å². The smallest absolute Gasteiger partial charge is 0.243 e. The Bertz CT molecular complexity index is 1700. The van der Waals surface area contributed by atoms with Crippen LogP contribution in [0.2, 0.25) is 0 Å². The number of ether oxygens (including phenoxy) is 4. The van der Waals surface area contributed by atoms with Crippen LogP contribution < -0.4 is 5.73 Å². The van der Waals surface area contributed by atoms with Gasteiger partial charge in [0.1, 0.15) is 29.2 Å². The maximum atomic E-state index is 12.8. The Morgan fingerprint density at radius 2 is 1.42 bits per heavy atom. The minimum Gasteiger partial charge on any atom is -0.382 e. The second kappa shape index (κ2) is 10.9. The van der Waals surface area contributed by atoms with Gasteiger partial charge in [-0.15, -0.1) is 0 Å². The first-order chi connectivity index (χ1) is 20.9. The van der Waals surface area contributed by atoms with Crippen molar-refractivity contribution >= 4 is 11.3 Å². The monoisotopic (exact) mass is 578 g/mol. The molecule has 2 aliphatic rings. The predicted octanol–water partition coefficient (Wildman–Crippen LogP) is 4.78. The molecule has 9 nitrogen and oxygen atoms in total. The van der Waals surface area contributed by atoms with Gasteiger partial charge in [-0.05, 0) is 35.7 Å². The molecule has 43 heavy (non-hydrogen) atoms. The summed E-state index contributed by atoms with van der Waals surface area (Å²) < 4.78 is 28.2. The molecule has 2 fully saturated rings. The lowest BCUT2D eigenvalue weighted by Gasteiger charge is -2.40. The maximum absolute atomic E-state index is 12.8. The Labute approximate surface area is 249 Å². The van der Waals surface area contributed by atoms with Gasteiger partial charge in [-0.3, -0.25) is 0 Å². The van der Waals surface area contributed by atoms with Gasteiger partial charge in [0, 0.05) is 6.42 Å². The summed E-state index contributed by atoms with van der Waals surface area (Å²) in [7, 11) is 0. The first-order valence-corrected chi connectivity index (χ1v) is 14.4. The van der Waals surface area contributed by atoms with E-state index in [4.69, 9.17) is 24.7 Å². The van der Waals surface area contributed by atoms with Crippen molar-refractivity contribution in [2.75, 3.05) is 5.73 Å². The van der Waals surface area contributed by atoms with Crippen molar-refractivity contribution in [3.63, 3.8) is 0 Å². The van der Waals surface area contributed by atoms with Gasteiger partial charge in [-0.1, -0.05) is 91.0 Å². The van der Waals surface area contributed by atoms with Gasteiger partial charge in [0.05, 0.1) is 25.9 Å². The Hall–Kier alpha value is -4.12. The van der Waals surface area contributed by atoms with E-state index in [1.165, 1.54) is 6.33 Å². The number of rotatable bonds is 10. The SMILES string of the molecule is C[C@@]1(OCc2ccccc2)[C@H](OCc2ccccc2)C2(C[C@H]2OCc2ccccc2)OC1(O)c1ccc2c(N)ncnn12. The largest absolute Gasteiger partial charge is 0.382 e. The highest BCUT2D eigenvalue weighted by Crippen LogP contribution is 2.63. The zero-order chi connectivity index (χ0) is 29.5. The molecule has 2 unspecified atom stereocenters. The summed E-state index contributed by atoms with van der Waals surface area (Å²) in [4.78, 5) is 4.11. The van der Waals surface area contributed by atoms with Crippen LogP contribution in [0.1, 0.15) is 35.7 Å². The number of benzene rings is 3. The topological polar surface area (TPSA) is 113 Å². The van der Waals surface area contributed by atoms with Gasteiger partial charge in [-0.25, -0.2) is 9.50 Å². The molecule has 3 heterocycles. The molecule has 7 rings (SSSR count). The molecule has 1 aliphatic heterocycles. The number of fused-ring (bicyclic) bond motifs is 1. The lowest BCUT2D eigenvalue weighted by atomic mass is 9.86. The molecule has 1 spiro atoms. The van der Waals surface area contributed by atoms with Crippen LogP contribution in [0.3, 0.4) is 0 Å². The quantitative estimate of drug-likeness (QED) is 0.244. The molecule has 220 valence electrons. The fraction of sp³-hybridized carbons (Fsp3) is 0.294. The van der Waals surface area contributed by atoms with E-state index in [1.807, 2.05) is 97.9 Å². The summed E-state index contributed by atoms with van der Waals surface area (Å²) in [5.74, 6) is -1.70. The maximum Gasteiger partial charge on any atom is 0.243 e. The van der Waals surface area contributed by atoms with Crippen molar-refractivity contribution in [2.24, 2.45) is 0 Å². The van der Waals surface area contributed by atoms with E-state index in [9.17, 15) is 5.11 Å². The zero-order valence-electron chi connectivity index (χ0n) is 23.9. The molecule has 5 atom stereocenters. The third-order valence-corrected chi connectivity index (χ3v) is 8.61. The molecule has 3 N–H and O–H groups in total. The van der Waals surface area contributed by atoms with E-state index in [2.05, 4.69) is 10.1 Å². The van der Waals surface area contributed by atoms with Gasteiger partial charge in [0.15, 0.2) is 11.4 Å². The van der Waals surface area contributed by atoms with Crippen LogP contribution in [0.25, 0.3) is 5.52 Å². The van der Waals surface area contributed by atoms with Crippen molar-refractivity contribution in [1.82, 2.24) is 14.6 Å². The molecule has 0 bridgehead atoms. The van der Waals surface area contributed by atoms with Crippen molar-refractivity contribution in [3.8, 4) is 0 Å². The molecule has 5 aromatic rings. The highest BCUT2D eigenvalue weighted by Gasteiger charge is 2.80. The van der Waals surface area contributed by atoms with Gasteiger partial charge in [-0.2, -0.15) is 5.10 Å². The first-order valence-electron chi connectivity index (χ1n) is 14.4. The fourth-order valence-corrected chi connectivity index (χ4v) is 6.21. The first kappa shape index (κ1) is 27.7. The number of nitrogens with two attached hydrogens (primary N) is 1. The third-order valence-electron chi connectivity index (χ3n) is 8.61. The van der Waals surface area contributed by atoms with E-state index >= 15 is 0 Å². The number of aromatic nitrogens is 3. The highest BCUT2D eigenvalue weighted by molar-refractivity contribution is 5.65. The molecule has 3 aromatic carbocycles. The van der Waals surface area contributed by atoms with E-state index < -0.39 is 23.1 Å². The Balaban J connectivity index is 1.30. The van der Waals surface area contributed by atoms with Gasteiger partial charge >= 0.3 is 0 Å². The number of anilines is 1. The third kappa shape index (κ3) is 4.79. The summed E-state index contributed by atoms with van der Waals surface area (Å²) in [5, 5.41) is 17.2. The molecule has 9 heteroatoms. The average molecular weight is 579 g/mol. The Morgan fingerprint density at radius 3 is 2.05 bits per heavy atom. The standard InChI is InChI=1S/C34H34N4O5/c1-32(42-22-26-15-9-4-10-16-26)31(41-21-25-13-7-3-8-14-25)33(19-29(33)40-20-24-11-5-2-6-12-24)43-34(32,39)28-18-17-27-30(35)36-23-37-38(27)28/h2-18,23,29,31,39H,19-22H2,1H3,(H2,35,36,37)/t29-,31+,32-,33?,34?/m1/s1. The molecule has 0 amide bonds. The Morgan fingerprint density at radius 1 is 0.837 bits per heavy atom. The Kier molecular flexibility index (Phi) is 6.99. The second-order valence-corrected chi connectivity index (χ2v) is 11.4. The van der Waals surface area contributed by atoms with Crippen molar-refractivity contribution in [3.05, 3.63) is 132 Å². The number of nitrogens with zero attached hydrogens (tertiary/aromatic N) is 3. The fourth-order valence-electron chi connectivity index (χ4n) is 6.21. The number of hydrogen-bond acceptors (Lipinski definition) is 8. The molecular formula is C34H34N4O5. The number of nitrogen functional groups attached to an aromatic ring is 1. The molecule has 2 aromatic heterocycles. The molecule has 1 saturated carbocycles. The van der Waals surface area contributed by atoms with Crippen LogP contribution in [-0.2, 0) is 44.6 Å². The predicted molar refractivity (Wildman–Crippen MR) is 159 cm³/mol. The van der Waals surface area contributed by atoms with Gasteiger partial charge < -0.3 is 29.8 Å². The molecule has 1 aliphatic carbocycles.